The van der Waals surface area contributed by atoms with E-state index in [1.807, 2.05) is 25.1 Å². The summed E-state index contributed by atoms with van der Waals surface area (Å²) in [4.78, 5) is 51.3. The number of benzene rings is 3. The number of ketones is 1. The number of Topliss-reactive ketones (excluding diaryl/α,β-unsaturated/α-hetero) is 1. The zero-order valence-electron chi connectivity index (χ0n) is 20.1. The number of carbonyl (C=O) groups excluding carboxylic acids is 4. The quantitative estimate of drug-likeness (QED) is 0.243. The van der Waals surface area contributed by atoms with Crippen molar-refractivity contribution in [1.82, 2.24) is 5.32 Å². The van der Waals surface area contributed by atoms with Gasteiger partial charge < -0.3 is 14.8 Å². The summed E-state index contributed by atoms with van der Waals surface area (Å²) in [5, 5.41) is 3.67. The molecule has 1 saturated heterocycles. The molecular formula is C28H25ClN2O6. The van der Waals surface area contributed by atoms with Crippen molar-refractivity contribution in [1.29, 1.82) is 0 Å². The zero-order chi connectivity index (χ0) is 26.4. The molecule has 9 heteroatoms. The van der Waals surface area contributed by atoms with Gasteiger partial charge >= 0.3 is 5.97 Å². The molecule has 190 valence electrons. The molecule has 8 nitrogen and oxygen atoms in total. The van der Waals surface area contributed by atoms with E-state index in [9.17, 15) is 19.2 Å². The SMILES string of the molecule is CCOc1ccc(C(=O)COC(=O)c2ccc(N3C(=O)CC(NCc4ccccc4Cl)C3=O)cc2)cc1. The second-order valence-electron chi connectivity index (χ2n) is 8.30. The van der Waals surface area contributed by atoms with Crippen molar-refractivity contribution in [2.45, 2.75) is 25.9 Å². The van der Waals surface area contributed by atoms with E-state index in [0.29, 0.717) is 35.2 Å². The van der Waals surface area contributed by atoms with Gasteiger partial charge in [0.2, 0.25) is 5.91 Å². The largest absolute Gasteiger partial charge is 0.494 e. The number of esters is 1. The summed E-state index contributed by atoms with van der Waals surface area (Å²) in [6, 6.07) is 19.0. The van der Waals surface area contributed by atoms with Crippen LogP contribution in [0.4, 0.5) is 5.69 Å². The van der Waals surface area contributed by atoms with E-state index >= 15 is 0 Å². The lowest BCUT2D eigenvalue weighted by Crippen LogP contribution is -2.38. The van der Waals surface area contributed by atoms with Crippen LogP contribution in [0.3, 0.4) is 0 Å². The van der Waals surface area contributed by atoms with Crippen LogP contribution in [0.15, 0.2) is 72.8 Å². The Balaban J connectivity index is 1.32. The lowest BCUT2D eigenvalue weighted by Gasteiger charge is -2.16. The number of rotatable bonds is 10. The fourth-order valence-corrected chi connectivity index (χ4v) is 4.09. The molecule has 0 aliphatic carbocycles. The first-order valence-electron chi connectivity index (χ1n) is 11.7. The van der Waals surface area contributed by atoms with Gasteiger partial charge in [0.05, 0.1) is 30.3 Å². The lowest BCUT2D eigenvalue weighted by molar-refractivity contribution is -0.121. The van der Waals surface area contributed by atoms with Crippen molar-refractivity contribution >= 4 is 40.9 Å². The maximum absolute atomic E-state index is 12.9. The van der Waals surface area contributed by atoms with Gasteiger partial charge in [0.1, 0.15) is 5.75 Å². The number of hydrogen-bond donors (Lipinski definition) is 1. The van der Waals surface area contributed by atoms with Gasteiger partial charge in [-0.25, -0.2) is 9.69 Å². The van der Waals surface area contributed by atoms with Crippen LogP contribution in [0.2, 0.25) is 5.02 Å². The summed E-state index contributed by atoms with van der Waals surface area (Å²) in [5.41, 5.74) is 1.76. The Labute approximate surface area is 219 Å². The first-order valence-corrected chi connectivity index (χ1v) is 12.1. The highest BCUT2D eigenvalue weighted by Crippen LogP contribution is 2.24. The van der Waals surface area contributed by atoms with Crippen LogP contribution in [-0.4, -0.2) is 42.8 Å². The summed E-state index contributed by atoms with van der Waals surface area (Å²) in [5.74, 6) is -1.12. The van der Waals surface area contributed by atoms with Crippen molar-refractivity contribution in [2.24, 2.45) is 0 Å². The first kappa shape index (κ1) is 26.1. The average Bonchev–Trinajstić information content (AvgIpc) is 3.19. The smallest absolute Gasteiger partial charge is 0.338 e. The summed E-state index contributed by atoms with van der Waals surface area (Å²) >= 11 is 6.16. The fraction of sp³-hybridized carbons (Fsp3) is 0.214. The molecule has 0 spiro atoms. The standard InChI is InChI=1S/C28H25ClN2O6/c1-2-36-22-13-9-18(10-14-22)25(32)17-37-28(35)19-7-11-21(12-8-19)31-26(33)15-24(27(31)34)30-16-20-5-3-4-6-23(20)29/h3-14,24,30H,2,15-17H2,1H3. The zero-order valence-corrected chi connectivity index (χ0v) is 20.9. The van der Waals surface area contributed by atoms with Crippen LogP contribution in [-0.2, 0) is 20.9 Å². The minimum atomic E-state index is -0.691. The average molecular weight is 521 g/mol. The Hall–Kier alpha value is -4.01. The number of imide groups is 1. The molecule has 4 rings (SSSR count). The van der Waals surface area contributed by atoms with Gasteiger partial charge in [-0.05, 0) is 67.1 Å². The van der Waals surface area contributed by atoms with Crippen molar-refractivity contribution < 1.29 is 28.7 Å². The van der Waals surface area contributed by atoms with Crippen LogP contribution in [0, 0.1) is 0 Å². The first-order chi connectivity index (χ1) is 17.9. The molecule has 0 radical (unpaired) electrons. The lowest BCUT2D eigenvalue weighted by atomic mass is 10.1. The molecule has 1 unspecified atom stereocenters. The fourth-order valence-electron chi connectivity index (χ4n) is 3.89. The molecule has 1 aliphatic rings. The molecular weight excluding hydrogens is 496 g/mol. The van der Waals surface area contributed by atoms with E-state index in [1.165, 1.54) is 24.3 Å². The van der Waals surface area contributed by atoms with Crippen molar-refractivity contribution in [3.63, 3.8) is 0 Å². The number of amides is 2. The number of ether oxygens (including phenoxy) is 2. The molecule has 1 aliphatic heterocycles. The van der Waals surface area contributed by atoms with Crippen LogP contribution in [0.25, 0.3) is 0 Å². The van der Waals surface area contributed by atoms with E-state index < -0.39 is 18.6 Å². The highest BCUT2D eigenvalue weighted by molar-refractivity contribution is 6.31. The molecule has 3 aromatic carbocycles. The Morgan fingerprint density at radius 2 is 1.65 bits per heavy atom. The van der Waals surface area contributed by atoms with Crippen molar-refractivity contribution in [3.05, 3.63) is 94.5 Å². The second-order valence-corrected chi connectivity index (χ2v) is 8.71. The van der Waals surface area contributed by atoms with Crippen LogP contribution < -0.4 is 15.0 Å². The Bertz CT molecular complexity index is 1310. The summed E-state index contributed by atoms with van der Waals surface area (Å²) in [6.45, 7) is 2.31. The number of halogens is 1. The van der Waals surface area contributed by atoms with E-state index in [-0.39, 0.29) is 29.6 Å². The maximum atomic E-state index is 12.9. The molecule has 1 atom stereocenters. The van der Waals surface area contributed by atoms with Crippen LogP contribution in [0.5, 0.6) is 5.75 Å². The highest BCUT2D eigenvalue weighted by atomic mass is 35.5. The third-order valence-electron chi connectivity index (χ3n) is 5.83. The number of nitrogens with one attached hydrogen (secondary N) is 1. The number of nitrogens with zero attached hydrogens (tertiary/aromatic N) is 1. The monoisotopic (exact) mass is 520 g/mol. The van der Waals surface area contributed by atoms with Crippen molar-refractivity contribution in [2.75, 3.05) is 18.1 Å². The van der Waals surface area contributed by atoms with Gasteiger partial charge in [-0.3, -0.25) is 14.4 Å². The third kappa shape index (κ3) is 6.22. The van der Waals surface area contributed by atoms with Crippen LogP contribution >= 0.6 is 11.6 Å². The predicted molar refractivity (Wildman–Crippen MR) is 138 cm³/mol. The van der Waals surface area contributed by atoms with Gasteiger partial charge in [-0.15, -0.1) is 0 Å². The molecule has 3 aromatic rings. The number of hydrogen-bond acceptors (Lipinski definition) is 7. The summed E-state index contributed by atoms with van der Waals surface area (Å²) < 4.78 is 10.5. The Morgan fingerprint density at radius 1 is 0.973 bits per heavy atom. The van der Waals surface area contributed by atoms with E-state index in [4.69, 9.17) is 21.1 Å². The minimum absolute atomic E-state index is 0.0146. The Kier molecular flexibility index (Phi) is 8.32. The van der Waals surface area contributed by atoms with Gasteiger partial charge in [-0.1, -0.05) is 29.8 Å². The number of anilines is 1. The molecule has 1 fully saturated rings. The molecule has 0 bridgehead atoms. The van der Waals surface area contributed by atoms with Gasteiger partial charge in [-0.2, -0.15) is 0 Å². The van der Waals surface area contributed by atoms with Crippen LogP contribution in [0.1, 0.15) is 39.6 Å². The molecule has 0 saturated carbocycles. The minimum Gasteiger partial charge on any atom is -0.494 e. The van der Waals surface area contributed by atoms with Gasteiger partial charge in [0, 0.05) is 17.1 Å². The van der Waals surface area contributed by atoms with E-state index in [1.54, 1.807) is 30.3 Å². The predicted octanol–water partition coefficient (Wildman–Crippen LogP) is 4.20. The normalized spacial score (nSPS) is 15.1. The number of carbonyl (C=O) groups is 4. The summed E-state index contributed by atoms with van der Waals surface area (Å²) in [6.07, 6.45) is 0.0146. The molecule has 0 aromatic heterocycles. The van der Waals surface area contributed by atoms with E-state index in [0.717, 1.165) is 10.5 Å². The molecule has 37 heavy (non-hydrogen) atoms. The maximum Gasteiger partial charge on any atom is 0.338 e. The van der Waals surface area contributed by atoms with Gasteiger partial charge in [0.15, 0.2) is 12.4 Å². The van der Waals surface area contributed by atoms with E-state index in [2.05, 4.69) is 5.32 Å². The molecule has 1 N–H and O–H groups in total. The molecule has 2 amide bonds. The van der Waals surface area contributed by atoms with Gasteiger partial charge in [0.25, 0.3) is 5.91 Å². The topological polar surface area (TPSA) is 102 Å². The highest BCUT2D eigenvalue weighted by Gasteiger charge is 2.39. The summed E-state index contributed by atoms with van der Waals surface area (Å²) in [7, 11) is 0. The molecule has 1 heterocycles. The third-order valence-corrected chi connectivity index (χ3v) is 6.19. The second kappa shape index (κ2) is 11.8. The Morgan fingerprint density at radius 3 is 2.32 bits per heavy atom. The van der Waals surface area contributed by atoms with Crippen molar-refractivity contribution in [3.8, 4) is 5.75 Å².